The third-order valence-corrected chi connectivity index (χ3v) is 3.98. The second-order valence-electron chi connectivity index (χ2n) is 5.78. The summed E-state index contributed by atoms with van der Waals surface area (Å²) in [5.74, 6) is 5.47. The molecule has 1 amide bonds. The van der Waals surface area contributed by atoms with Crippen LogP contribution in [0.4, 0.5) is 0 Å². The molecular formula is C17H24N2O2. The van der Waals surface area contributed by atoms with Gasteiger partial charge in [-0.3, -0.25) is 4.79 Å². The minimum Gasteiger partial charge on any atom is -0.376 e. The van der Waals surface area contributed by atoms with E-state index in [0.29, 0.717) is 31.4 Å². The Bertz CT molecular complexity index is 527. The van der Waals surface area contributed by atoms with Crippen LogP contribution in [0.3, 0.4) is 0 Å². The number of rotatable bonds is 5. The smallest absolute Gasteiger partial charge is 0.244 e. The summed E-state index contributed by atoms with van der Waals surface area (Å²) in [7, 11) is 0. The van der Waals surface area contributed by atoms with Crippen LogP contribution in [0.25, 0.3) is 0 Å². The monoisotopic (exact) mass is 288 g/mol. The van der Waals surface area contributed by atoms with Crippen molar-refractivity contribution in [3.8, 4) is 17.9 Å². The second kappa shape index (κ2) is 6.78. The Hall–Kier alpha value is -1.78. The van der Waals surface area contributed by atoms with Gasteiger partial charge in [-0.2, -0.15) is 5.26 Å². The topological polar surface area (TPSA) is 73.1 Å². The summed E-state index contributed by atoms with van der Waals surface area (Å²) in [4.78, 5) is 11.6. The average Bonchev–Trinajstić information content (AvgIpc) is 3.24. The molecule has 0 aromatic carbocycles. The highest BCUT2D eigenvalue weighted by Crippen LogP contribution is 2.56. The Balaban J connectivity index is 3.06. The van der Waals surface area contributed by atoms with E-state index in [1.165, 1.54) is 6.08 Å². The molecule has 0 heterocycles. The molecule has 1 atom stereocenters. The van der Waals surface area contributed by atoms with Crippen LogP contribution in [0.15, 0.2) is 11.6 Å². The summed E-state index contributed by atoms with van der Waals surface area (Å²) in [6, 6.07) is 2.23. The van der Waals surface area contributed by atoms with Crippen LogP contribution in [-0.2, 0) is 4.79 Å². The number of allylic oxidation sites excluding steroid dienone is 1. The number of likely N-dealkylation sites (N-methyl/N-ethyl adjacent to an activating group) is 1. The molecule has 0 unspecified atom stereocenters. The van der Waals surface area contributed by atoms with Crippen LogP contribution in [0, 0.1) is 34.5 Å². The van der Waals surface area contributed by atoms with Crippen molar-refractivity contribution in [3.63, 3.8) is 0 Å². The lowest BCUT2D eigenvalue weighted by molar-refractivity contribution is -0.116. The van der Waals surface area contributed by atoms with E-state index >= 15 is 0 Å². The van der Waals surface area contributed by atoms with Gasteiger partial charge in [0, 0.05) is 18.2 Å². The van der Waals surface area contributed by atoms with Crippen molar-refractivity contribution in [1.82, 2.24) is 5.32 Å². The summed E-state index contributed by atoms with van der Waals surface area (Å²) in [6.45, 7) is 8.05. The van der Waals surface area contributed by atoms with Crippen molar-refractivity contribution in [2.75, 3.05) is 6.54 Å². The SMILES string of the molecule is CCNC(=O)/C=C(\C#C[C@@](O)(C(C)C)C1(C#N)CC1)CC. The number of hydrogen-bond donors (Lipinski definition) is 2. The van der Waals surface area contributed by atoms with Crippen LogP contribution in [0.5, 0.6) is 0 Å². The second-order valence-corrected chi connectivity index (χ2v) is 5.78. The van der Waals surface area contributed by atoms with Crippen molar-refractivity contribution in [1.29, 1.82) is 5.26 Å². The quantitative estimate of drug-likeness (QED) is 0.601. The third kappa shape index (κ3) is 3.65. The molecule has 4 nitrogen and oxygen atoms in total. The summed E-state index contributed by atoms with van der Waals surface area (Å²) in [5, 5.41) is 22.8. The maximum atomic E-state index is 11.6. The highest BCUT2D eigenvalue weighted by Gasteiger charge is 2.60. The highest BCUT2D eigenvalue weighted by molar-refractivity contribution is 5.88. The summed E-state index contributed by atoms with van der Waals surface area (Å²) in [6.07, 6.45) is 3.42. The fourth-order valence-corrected chi connectivity index (χ4v) is 2.31. The van der Waals surface area contributed by atoms with Crippen LogP contribution in [0.1, 0.15) is 47.0 Å². The van der Waals surface area contributed by atoms with Crippen molar-refractivity contribution in [3.05, 3.63) is 11.6 Å². The van der Waals surface area contributed by atoms with Gasteiger partial charge in [-0.25, -0.2) is 0 Å². The molecule has 114 valence electrons. The van der Waals surface area contributed by atoms with Gasteiger partial charge in [0.25, 0.3) is 0 Å². The molecule has 4 heteroatoms. The molecule has 21 heavy (non-hydrogen) atoms. The Kier molecular flexibility index (Phi) is 5.58. The molecule has 0 bridgehead atoms. The third-order valence-electron chi connectivity index (χ3n) is 3.98. The molecule has 0 radical (unpaired) electrons. The van der Waals surface area contributed by atoms with Gasteiger partial charge in [-0.1, -0.05) is 32.6 Å². The van der Waals surface area contributed by atoms with E-state index in [1.807, 2.05) is 27.7 Å². The Morgan fingerprint density at radius 2 is 2.10 bits per heavy atom. The summed E-state index contributed by atoms with van der Waals surface area (Å²) < 4.78 is 0. The van der Waals surface area contributed by atoms with Crippen molar-refractivity contribution in [2.24, 2.45) is 11.3 Å². The first-order valence-electron chi connectivity index (χ1n) is 7.50. The van der Waals surface area contributed by atoms with E-state index in [1.54, 1.807) is 0 Å². The van der Waals surface area contributed by atoms with Gasteiger partial charge in [-0.15, -0.1) is 0 Å². The van der Waals surface area contributed by atoms with Crippen LogP contribution in [0.2, 0.25) is 0 Å². The number of hydrogen-bond acceptors (Lipinski definition) is 3. The Morgan fingerprint density at radius 3 is 2.48 bits per heavy atom. The van der Waals surface area contributed by atoms with Gasteiger partial charge in [0.15, 0.2) is 0 Å². The predicted octanol–water partition coefficient (Wildman–Crippen LogP) is 2.15. The van der Waals surface area contributed by atoms with E-state index in [-0.39, 0.29) is 11.8 Å². The molecule has 0 aromatic heterocycles. The fourth-order valence-electron chi connectivity index (χ4n) is 2.31. The van der Waals surface area contributed by atoms with E-state index in [0.717, 1.165) is 0 Å². The number of nitrogens with zero attached hydrogens (tertiary/aromatic N) is 1. The minimum atomic E-state index is -1.32. The van der Waals surface area contributed by atoms with Crippen molar-refractivity contribution in [2.45, 2.75) is 52.6 Å². The molecule has 1 fully saturated rings. The van der Waals surface area contributed by atoms with Gasteiger partial charge in [0.05, 0.1) is 11.5 Å². The minimum absolute atomic E-state index is 0.144. The van der Waals surface area contributed by atoms with Gasteiger partial charge >= 0.3 is 0 Å². The zero-order valence-electron chi connectivity index (χ0n) is 13.3. The molecule has 0 aliphatic heterocycles. The van der Waals surface area contributed by atoms with E-state index in [2.05, 4.69) is 23.2 Å². The van der Waals surface area contributed by atoms with Gasteiger partial charge in [0.1, 0.15) is 5.60 Å². The molecule has 0 aromatic rings. The number of nitrogens with one attached hydrogen (secondary N) is 1. The lowest BCUT2D eigenvalue weighted by atomic mass is 9.77. The van der Waals surface area contributed by atoms with E-state index in [9.17, 15) is 15.2 Å². The largest absolute Gasteiger partial charge is 0.376 e. The van der Waals surface area contributed by atoms with Crippen LogP contribution >= 0.6 is 0 Å². The number of amides is 1. The number of aliphatic hydroxyl groups is 1. The van der Waals surface area contributed by atoms with E-state index < -0.39 is 11.0 Å². The molecule has 1 rings (SSSR count). The van der Waals surface area contributed by atoms with Crippen molar-refractivity contribution < 1.29 is 9.90 Å². The normalized spacial score (nSPS) is 19.0. The Labute approximate surface area is 127 Å². The zero-order chi connectivity index (χ0) is 16.1. The average molecular weight is 288 g/mol. The standard InChI is InChI=1S/C17H24N2O2/c1-5-14(11-15(20)19-6-2)7-8-17(21,13(3)4)16(12-18)9-10-16/h11,13,21H,5-6,9-10H2,1-4H3,(H,19,20)/b14-11-/t17-/m1/s1. The molecular weight excluding hydrogens is 264 g/mol. The molecule has 0 spiro atoms. The zero-order valence-corrected chi connectivity index (χ0v) is 13.3. The summed E-state index contributed by atoms with van der Waals surface area (Å²) >= 11 is 0. The molecule has 1 saturated carbocycles. The lowest BCUT2D eigenvalue weighted by Gasteiger charge is -2.31. The molecule has 2 N–H and O–H groups in total. The van der Waals surface area contributed by atoms with Gasteiger partial charge in [-0.05, 0) is 32.1 Å². The maximum absolute atomic E-state index is 11.6. The number of carbonyl (C=O) groups excluding carboxylic acids is 1. The number of nitriles is 1. The number of carbonyl (C=O) groups is 1. The first-order chi connectivity index (χ1) is 9.85. The van der Waals surface area contributed by atoms with E-state index in [4.69, 9.17) is 0 Å². The first kappa shape index (κ1) is 17.3. The maximum Gasteiger partial charge on any atom is 0.244 e. The summed E-state index contributed by atoms with van der Waals surface area (Å²) in [5.41, 5.74) is -1.41. The van der Waals surface area contributed by atoms with Crippen molar-refractivity contribution >= 4 is 5.91 Å². The highest BCUT2D eigenvalue weighted by atomic mass is 16.3. The Morgan fingerprint density at radius 1 is 1.48 bits per heavy atom. The lowest BCUT2D eigenvalue weighted by Crippen LogP contribution is -2.42. The molecule has 0 saturated heterocycles. The fraction of sp³-hybridized carbons (Fsp3) is 0.647. The molecule has 1 aliphatic carbocycles. The van der Waals surface area contributed by atoms with Gasteiger partial charge < -0.3 is 10.4 Å². The predicted molar refractivity (Wildman–Crippen MR) is 81.9 cm³/mol. The van der Waals surface area contributed by atoms with Crippen LogP contribution < -0.4 is 5.32 Å². The van der Waals surface area contributed by atoms with Gasteiger partial charge in [0.2, 0.25) is 5.91 Å². The first-order valence-corrected chi connectivity index (χ1v) is 7.50. The van der Waals surface area contributed by atoms with Crippen LogP contribution in [-0.4, -0.2) is 23.2 Å². The molecule has 1 aliphatic rings.